The lowest BCUT2D eigenvalue weighted by atomic mass is 13.8. The number of halogens is 9. The largest absolute Gasteiger partial charge is 0.598 e. The van der Waals surface area contributed by atoms with Crippen molar-refractivity contribution in [3.63, 3.8) is 0 Å². The maximum Gasteiger partial charge on any atom is 0.598 e. The zero-order valence-electron chi connectivity index (χ0n) is 7.87. The second kappa shape index (κ2) is 5.30. The molecular weight excluding hydrogens is 396 g/mol. The summed E-state index contributed by atoms with van der Waals surface area (Å²) in [6.45, 7) is 0. The van der Waals surface area contributed by atoms with Crippen molar-refractivity contribution in [3.8, 4) is 0 Å². The Morgan fingerprint density at radius 2 is 0.947 bits per heavy atom. The molecule has 0 amide bonds. The minimum Gasteiger partial charge on any atom is -0.149 e. The van der Waals surface area contributed by atoms with Crippen molar-refractivity contribution in [2.75, 3.05) is 0 Å². The molecule has 0 N–H and O–H groups in total. The molecule has 1 heterocycles. The maximum absolute atomic E-state index is 12.7. The molecule has 0 aromatic carbocycles. The summed E-state index contributed by atoms with van der Waals surface area (Å²) in [4.78, 5) is 0. The Balaban J connectivity index is 3.82. The van der Waals surface area contributed by atoms with Crippen LogP contribution in [0.3, 0.4) is 0 Å². The molecule has 1 rings (SSSR count). The predicted octanol–water partition coefficient (Wildman–Crippen LogP) is 9.01. The fourth-order valence-electron chi connectivity index (χ4n) is 0.655. The van der Waals surface area contributed by atoms with Crippen molar-refractivity contribution in [1.82, 2.24) is 0 Å². The van der Waals surface area contributed by atoms with Gasteiger partial charge in [0, 0.05) is 0 Å². The summed E-state index contributed by atoms with van der Waals surface area (Å²) in [5, 5.41) is 0. The van der Waals surface area contributed by atoms with Crippen LogP contribution in [0.4, 0.5) is 37.8 Å². The van der Waals surface area contributed by atoms with Gasteiger partial charge in [-0.3, -0.25) is 0 Å². The van der Waals surface area contributed by atoms with E-state index in [-0.39, 0.29) is 0 Å². The lowest BCUT2D eigenvalue weighted by Gasteiger charge is -2.04. The highest BCUT2D eigenvalue weighted by Gasteiger charge is 2.40. The Morgan fingerprint density at radius 1 is 0.579 bits per heavy atom. The van der Waals surface area contributed by atoms with Crippen LogP contribution in [0, 0.1) is 0 Å². The normalized spacial score (nSPS) is 29.6. The van der Waals surface area contributed by atoms with Crippen molar-refractivity contribution in [3.05, 3.63) is 0 Å². The molecule has 1 aliphatic heterocycles. The third-order valence-electron chi connectivity index (χ3n) is 1.01. The van der Waals surface area contributed by atoms with Crippen LogP contribution >= 0.6 is 39.5 Å². The SMILES string of the molecule is F[P+]1=NP(F)(F)=NP(F)(F)=NP(F)(F)=NP(F)(F)=N1. The molecule has 0 aromatic rings. The number of rotatable bonds is 0. The highest BCUT2D eigenvalue weighted by Crippen LogP contribution is 2.79. The summed E-state index contributed by atoms with van der Waals surface area (Å²) in [6, 6.07) is 0. The summed E-state index contributed by atoms with van der Waals surface area (Å²) in [5.41, 5.74) is 0. The average molecular weight is 396 g/mol. The smallest absolute Gasteiger partial charge is 0.149 e. The van der Waals surface area contributed by atoms with Gasteiger partial charge in [0.1, 0.15) is 0 Å². The first-order chi connectivity index (χ1) is 8.22. The third kappa shape index (κ3) is 6.13. The Labute approximate surface area is 101 Å². The van der Waals surface area contributed by atoms with Gasteiger partial charge in [0.15, 0.2) is 0 Å². The number of hydrogen-bond donors (Lipinski definition) is 0. The van der Waals surface area contributed by atoms with Crippen LogP contribution in [-0.2, 0) is 0 Å². The zero-order valence-corrected chi connectivity index (χ0v) is 12.3. The van der Waals surface area contributed by atoms with Gasteiger partial charge in [0.2, 0.25) is 0 Å². The quantitative estimate of drug-likeness (QED) is 0.290. The minimum absolute atomic E-state index is 1.30. The van der Waals surface area contributed by atoms with Gasteiger partial charge in [-0.1, -0.05) is 0 Å². The lowest BCUT2D eigenvalue weighted by molar-refractivity contribution is 0.689. The van der Waals surface area contributed by atoms with Crippen LogP contribution in [0.15, 0.2) is 22.6 Å². The fourth-order valence-corrected chi connectivity index (χ4v) is 7.51. The van der Waals surface area contributed by atoms with Gasteiger partial charge in [-0.25, -0.2) is 0 Å². The van der Waals surface area contributed by atoms with Gasteiger partial charge >= 0.3 is 39.5 Å². The molecule has 0 aromatic heterocycles. The summed E-state index contributed by atoms with van der Waals surface area (Å²) in [7, 11) is -30.4. The highest BCUT2D eigenvalue weighted by atomic mass is 31.3. The van der Waals surface area contributed by atoms with Crippen LogP contribution in [-0.4, -0.2) is 0 Å². The molecular formula is F9N5P5+. The molecule has 0 spiro atoms. The first-order valence-corrected chi connectivity index (χ1v) is 10.6. The molecule has 1 aliphatic rings. The van der Waals surface area contributed by atoms with E-state index >= 15 is 0 Å². The van der Waals surface area contributed by atoms with E-state index in [0.29, 0.717) is 0 Å². The van der Waals surface area contributed by atoms with E-state index in [1.165, 1.54) is 13.5 Å². The minimum atomic E-state index is -6.63. The van der Waals surface area contributed by atoms with Gasteiger partial charge in [-0.15, -0.1) is 47.1 Å². The van der Waals surface area contributed by atoms with Crippen molar-refractivity contribution < 1.29 is 37.8 Å². The highest BCUT2D eigenvalue weighted by molar-refractivity contribution is 7.76. The van der Waals surface area contributed by atoms with E-state index in [1.54, 1.807) is 9.03 Å². The van der Waals surface area contributed by atoms with Crippen LogP contribution < -0.4 is 0 Å². The van der Waals surface area contributed by atoms with Crippen molar-refractivity contribution in [1.29, 1.82) is 0 Å². The second-order valence-electron chi connectivity index (χ2n) is 2.51. The van der Waals surface area contributed by atoms with Gasteiger partial charge in [0.25, 0.3) is 0 Å². The van der Waals surface area contributed by atoms with Crippen LogP contribution in [0.5, 0.6) is 0 Å². The molecule has 0 bridgehead atoms. The van der Waals surface area contributed by atoms with Gasteiger partial charge in [-0.05, 0) is 0 Å². The molecule has 0 aliphatic carbocycles. The van der Waals surface area contributed by atoms with Gasteiger partial charge in [0.05, 0.1) is 13.2 Å². The van der Waals surface area contributed by atoms with E-state index in [0.717, 1.165) is 0 Å². The Hall–Kier alpha value is 0.390. The van der Waals surface area contributed by atoms with Crippen LogP contribution in [0.1, 0.15) is 0 Å². The van der Waals surface area contributed by atoms with Crippen LogP contribution in [0.25, 0.3) is 0 Å². The van der Waals surface area contributed by atoms with E-state index in [9.17, 15) is 37.8 Å². The molecule has 19 heavy (non-hydrogen) atoms. The van der Waals surface area contributed by atoms with Crippen molar-refractivity contribution in [2.45, 2.75) is 0 Å². The number of nitrogens with zero attached hydrogens (tertiary/aromatic N) is 5. The molecule has 0 fully saturated rings. The summed E-state index contributed by atoms with van der Waals surface area (Å²) < 4.78 is 122. The Morgan fingerprint density at radius 3 is 1.42 bits per heavy atom. The molecule has 0 radical (unpaired) electrons. The Bertz CT molecular complexity index is 608. The fraction of sp³-hybridized carbons (Fsp3) is 0. The van der Waals surface area contributed by atoms with Crippen molar-refractivity contribution >= 4 is 39.5 Å². The number of hydrogen-bond acceptors (Lipinski definition) is 5. The van der Waals surface area contributed by atoms with E-state index in [2.05, 4.69) is 0 Å². The first-order valence-electron chi connectivity index (χ1n) is 3.52. The van der Waals surface area contributed by atoms with Gasteiger partial charge < -0.3 is 0 Å². The molecule has 0 saturated heterocycles. The first kappa shape index (κ1) is 17.4. The van der Waals surface area contributed by atoms with E-state index < -0.39 is 39.5 Å². The second-order valence-corrected chi connectivity index (χ2v) is 10.2. The molecule has 1 atom stereocenters. The average Bonchev–Trinajstić information content (AvgIpc) is 1.87. The molecule has 0 saturated carbocycles. The van der Waals surface area contributed by atoms with E-state index in [4.69, 9.17) is 0 Å². The van der Waals surface area contributed by atoms with Crippen molar-refractivity contribution in [2.24, 2.45) is 22.6 Å². The molecule has 5 nitrogen and oxygen atoms in total. The molecule has 1 unspecified atom stereocenters. The summed E-state index contributed by atoms with van der Waals surface area (Å²) in [6.07, 6.45) is 0. The monoisotopic (exact) mass is 396 g/mol. The lowest BCUT2D eigenvalue weighted by Crippen LogP contribution is -1.64. The maximum atomic E-state index is 12.7. The standard InChI is InChI=1S/F9N5P5/c1-15-10-16(2,3)12-18(6,7)14-19(8,9)13-17(4,5)11-15/q+1. The summed E-state index contributed by atoms with van der Waals surface area (Å²) in [5.74, 6) is 0. The van der Waals surface area contributed by atoms with Gasteiger partial charge in [-0.2, -0.15) is 0 Å². The van der Waals surface area contributed by atoms with E-state index in [1.807, 2.05) is 0 Å². The molecule has 112 valence electrons. The third-order valence-corrected chi connectivity index (χ3v) is 9.08. The Kier molecular flexibility index (Phi) is 4.87. The molecule has 19 heteroatoms. The summed E-state index contributed by atoms with van der Waals surface area (Å²) >= 11 is 0. The topological polar surface area (TPSA) is 61.8 Å². The zero-order chi connectivity index (χ0) is 15.1. The van der Waals surface area contributed by atoms with Crippen LogP contribution in [0.2, 0.25) is 0 Å². The predicted molar refractivity (Wildman–Crippen MR) is 56.7 cm³/mol.